The average Bonchev–Trinajstić information content (AvgIpc) is 2.65. The van der Waals surface area contributed by atoms with Crippen LogP contribution in [0.5, 0.6) is 0 Å². The van der Waals surface area contributed by atoms with Gasteiger partial charge >= 0.3 is 5.97 Å². The highest BCUT2D eigenvalue weighted by Crippen LogP contribution is 2.36. The molecule has 1 fully saturated rings. The second kappa shape index (κ2) is 4.27. The lowest BCUT2D eigenvalue weighted by Crippen LogP contribution is -2.30. The number of alkyl halides is 1. The molecule has 4 heteroatoms. The Morgan fingerprint density at radius 1 is 1.67 bits per heavy atom. The van der Waals surface area contributed by atoms with Crippen LogP contribution in [-0.2, 0) is 9.53 Å². The topological polar surface area (TPSA) is 38.3 Å². The second-order valence-corrected chi connectivity index (χ2v) is 4.10. The van der Waals surface area contributed by atoms with Gasteiger partial charge < -0.3 is 10.1 Å². The van der Waals surface area contributed by atoms with E-state index in [4.69, 9.17) is 16.3 Å². The molecular weight excluding hydrogens is 214 g/mol. The predicted molar refractivity (Wildman–Crippen MR) is 58.4 cm³/mol. The van der Waals surface area contributed by atoms with Crippen LogP contribution in [0.1, 0.15) is 26.2 Å². The summed E-state index contributed by atoms with van der Waals surface area (Å²) in [5.74, 6) is -0.285. The Morgan fingerprint density at radius 3 is 3.20 bits per heavy atom. The van der Waals surface area contributed by atoms with E-state index in [-0.39, 0.29) is 5.97 Å². The molecule has 0 saturated heterocycles. The van der Waals surface area contributed by atoms with Crippen molar-refractivity contribution in [2.45, 2.75) is 31.7 Å². The van der Waals surface area contributed by atoms with Crippen molar-refractivity contribution in [2.24, 2.45) is 0 Å². The third-order valence-electron chi connectivity index (χ3n) is 2.74. The van der Waals surface area contributed by atoms with E-state index in [1.807, 2.05) is 6.20 Å². The molecule has 3 nitrogen and oxygen atoms in total. The number of ether oxygens (including phenoxy) is 1. The Morgan fingerprint density at radius 2 is 2.47 bits per heavy atom. The van der Waals surface area contributed by atoms with Gasteiger partial charge in [0.05, 0.1) is 12.2 Å². The summed E-state index contributed by atoms with van der Waals surface area (Å²) in [6, 6.07) is 0. The zero-order valence-corrected chi connectivity index (χ0v) is 9.43. The van der Waals surface area contributed by atoms with Gasteiger partial charge in [-0.25, -0.2) is 4.79 Å². The molecule has 0 spiro atoms. The van der Waals surface area contributed by atoms with E-state index >= 15 is 0 Å². The lowest BCUT2D eigenvalue weighted by Gasteiger charge is -2.21. The Labute approximate surface area is 94.1 Å². The van der Waals surface area contributed by atoms with E-state index < -0.39 is 5.50 Å². The highest BCUT2D eigenvalue weighted by Gasteiger charge is 2.30. The number of allylic oxidation sites excluding steroid dienone is 2. The normalized spacial score (nSPS) is 24.4. The van der Waals surface area contributed by atoms with Gasteiger partial charge in [0.25, 0.3) is 0 Å². The fourth-order valence-corrected chi connectivity index (χ4v) is 2.36. The number of hydrogen-bond donors (Lipinski definition) is 1. The molecule has 0 radical (unpaired) electrons. The first-order valence-corrected chi connectivity index (χ1v) is 5.67. The van der Waals surface area contributed by atoms with Gasteiger partial charge in [0.1, 0.15) is 5.50 Å². The summed E-state index contributed by atoms with van der Waals surface area (Å²) in [6.07, 6.45) is 4.97. The molecule has 15 heavy (non-hydrogen) atoms. The molecule has 0 amide bonds. The predicted octanol–water partition coefficient (Wildman–Crippen LogP) is 2.08. The zero-order valence-electron chi connectivity index (χ0n) is 8.68. The lowest BCUT2D eigenvalue weighted by molar-refractivity contribution is -0.138. The minimum atomic E-state index is -0.444. The van der Waals surface area contributed by atoms with E-state index in [0.29, 0.717) is 12.2 Å². The van der Waals surface area contributed by atoms with Gasteiger partial charge in [-0.2, -0.15) is 0 Å². The quantitative estimate of drug-likeness (QED) is 0.446. The van der Waals surface area contributed by atoms with Gasteiger partial charge in [-0.1, -0.05) is 11.6 Å². The molecule has 1 aliphatic carbocycles. The van der Waals surface area contributed by atoms with Crippen molar-refractivity contribution in [1.82, 2.24) is 5.32 Å². The molecule has 2 rings (SSSR count). The van der Waals surface area contributed by atoms with Crippen molar-refractivity contribution in [3.8, 4) is 0 Å². The van der Waals surface area contributed by atoms with Crippen LogP contribution in [0.2, 0.25) is 0 Å². The number of hydrogen-bond acceptors (Lipinski definition) is 3. The van der Waals surface area contributed by atoms with Crippen LogP contribution in [0.15, 0.2) is 22.9 Å². The summed E-state index contributed by atoms with van der Waals surface area (Å²) in [4.78, 5) is 11.7. The van der Waals surface area contributed by atoms with Crippen molar-refractivity contribution in [3.63, 3.8) is 0 Å². The minimum Gasteiger partial charge on any atom is -0.463 e. The monoisotopic (exact) mass is 227 g/mol. The van der Waals surface area contributed by atoms with Crippen LogP contribution in [0.4, 0.5) is 0 Å². The van der Waals surface area contributed by atoms with Crippen molar-refractivity contribution < 1.29 is 9.53 Å². The molecule has 1 heterocycles. The molecule has 1 atom stereocenters. The summed E-state index contributed by atoms with van der Waals surface area (Å²) < 4.78 is 5.01. The molecular formula is C11H14ClNO2. The number of esters is 1. The fourth-order valence-electron chi connectivity index (χ4n) is 2.08. The first-order valence-electron chi connectivity index (χ1n) is 5.23. The van der Waals surface area contributed by atoms with Crippen molar-refractivity contribution in [2.75, 3.05) is 6.61 Å². The number of carbonyl (C=O) groups is 1. The van der Waals surface area contributed by atoms with E-state index in [9.17, 15) is 4.79 Å². The molecule has 1 saturated carbocycles. The smallest absolute Gasteiger partial charge is 0.337 e. The van der Waals surface area contributed by atoms with Gasteiger partial charge in [0.2, 0.25) is 0 Å². The van der Waals surface area contributed by atoms with Crippen LogP contribution < -0.4 is 5.32 Å². The van der Waals surface area contributed by atoms with E-state index in [1.165, 1.54) is 5.57 Å². The Bertz CT molecular complexity index is 346. The molecule has 0 bridgehead atoms. The third-order valence-corrected chi connectivity index (χ3v) is 3.08. The van der Waals surface area contributed by atoms with E-state index in [1.54, 1.807) is 6.92 Å². The SMILES string of the molecule is CCOC(=O)C1=C2CCCC2=CNC1Cl. The maximum atomic E-state index is 11.7. The molecule has 1 aliphatic heterocycles. The van der Waals surface area contributed by atoms with Crippen LogP contribution in [0.3, 0.4) is 0 Å². The second-order valence-electron chi connectivity index (χ2n) is 3.67. The van der Waals surface area contributed by atoms with Gasteiger partial charge in [0.15, 0.2) is 0 Å². The molecule has 2 aliphatic rings. The van der Waals surface area contributed by atoms with E-state index in [0.717, 1.165) is 24.8 Å². The Balaban J connectivity index is 2.32. The highest BCUT2D eigenvalue weighted by molar-refractivity contribution is 6.25. The number of rotatable bonds is 2. The van der Waals surface area contributed by atoms with Crippen LogP contribution in [-0.4, -0.2) is 18.1 Å². The standard InChI is InChI=1S/C11H14ClNO2/c1-2-15-11(14)9-8-5-3-4-7(8)6-13-10(9)12/h6,10,13H,2-5H2,1H3. The molecule has 0 aromatic rings. The molecule has 1 N–H and O–H groups in total. The summed E-state index contributed by atoms with van der Waals surface area (Å²) >= 11 is 6.07. The number of dihydropyridines is 1. The van der Waals surface area contributed by atoms with Crippen molar-refractivity contribution >= 4 is 17.6 Å². The van der Waals surface area contributed by atoms with Gasteiger partial charge in [-0.05, 0) is 37.3 Å². The fraction of sp³-hybridized carbons (Fsp3) is 0.545. The first kappa shape index (κ1) is 10.6. The van der Waals surface area contributed by atoms with Gasteiger partial charge in [0, 0.05) is 6.20 Å². The van der Waals surface area contributed by atoms with E-state index in [2.05, 4.69) is 5.32 Å². The van der Waals surface area contributed by atoms with Gasteiger partial charge in [-0.3, -0.25) is 0 Å². The van der Waals surface area contributed by atoms with Crippen LogP contribution in [0.25, 0.3) is 0 Å². The largest absolute Gasteiger partial charge is 0.463 e. The van der Waals surface area contributed by atoms with Crippen LogP contribution in [0, 0.1) is 0 Å². The lowest BCUT2D eigenvalue weighted by atomic mass is 10.0. The minimum absolute atomic E-state index is 0.285. The summed E-state index contributed by atoms with van der Waals surface area (Å²) in [6.45, 7) is 2.19. The third kappa shape index (κ3) is 1.88. The first-order chi connectivity index (χ1) is 7.24. The summed E-state index contributed by atoms with van der Waals surface area (Å²) in [5, 5.41) is 2.99. The highest BCUT2D eigenvalue weighted by atomic mass is 35.5. The molecule has 0 aromatic heterocycles. The molecule has 82 valence electrons. The zero-order chi connectivity index (χ0) is 10.8. The Kier molecular flexibility index (Phi) is 3.00. The van der Waals surface area contributed by atoms with Crippen molar-refractivity contribution in [1.29, 1.82) is 0 Å². The van der Waals surface area contributed by atoms with Crippen LogP contribution >= 0.6 is 11.6 Å². The maximum Gasteiger partial charge on any atom is 0.337 e. The number of carbonyl (C=O) groups excluding carboxylic acids is 1. The van der Waals surface area contributed by atoms with Gasteiger partial charge in [-0.15, -0.1) is 0 Å². The van der Waals surface area contributed by atoms with Crippen molar-refractivity contribution in [3.05, 3.63) is 22.9 Å². The molecule has 1 unspecified atom stereocenters. The summed E-state index contributed by atoms with van der Waals surface area (Å²) in [7, 11) is 0. The number of fused-ring (bicyclic) bond motifs is 1. The maximum absolute atomic E-state index is 11.7. The molecule has 0 aromatic carbocycles. The summed E-state index contributed by atoms with van der Waals surface area (Å²) in [5.41, 5.74) is 2.46. The average molecular weight is 228 g/mol. The number of nitrogens with one attached hydrogen (secondary N) is 1. The number of halogens is 1. The Hall–Kier alpha value is -0.960.